The summed E-state index contributed by atoms with van der Waals surface area (Å²) in [5, 5.41) is 15.3. The molecule has 0 amide bonds. The van der Waals surface area contributed by atoms with Crippen LogP contribution in [0.2, 0.25) is 0 Å². The predicted molar refractivity (Wildman–Crippen MR) is 87.6 cm³/mol. The standard InChI is InChI=1S/C17H23NO2S/c1-13-5-7-15(8-6-13)14(2)18-10-16(19)11-20-12-17-4-3-9-21-17/h3-9,14,16,18-19H,10-12H2,1-2H3/t14-,16?/m1/s1. The maximum absolute atomic E-state index is 9.93. The van der Waals surface area contributed by atoms with Gasteiger partial charge in [0.2, 0.25) is 0 Å². The second-order valence-electron chi connectivity index (χ2n) is 5.29. The van der Waals surface area contributed by atoms with Crippen molar-refractivity contribution >= 4 is 11.3 Å². The Morgan fingerprint density at radius 2 is 2.00 bits per heavy atom. The van der Waals surface area contributed by atoms with Crippen LogP contribution < -0.4 is 5.32 Å². The molecule has 2 rings (SSSR count). The monoisotopic (exact) mass is 305 g/mol. The normalized spacial score (nSPS) is 14.0. The fourth-order valence-electron chi connectivity index (χ4n) is 2.03. The third-order valence-electron chi connectivity index (χ3n) is 3.37. The Bertz CT molecular complexity index is 510. The summed E-state index contributed by atoms with van der Waals surface area (Å²) in [6, 6.07) is 12.7. The molecule has 0 radical (unpaired) electrons. The van der Waals surface area contributed by atoms with Gasteiger partial charge in [0.25, 0.3) is 0 Å². The number of rotatable bonds is 8. The number of aliphatic hydroxyl groups excluding tert-OH is 1. The minimum atomic E-state index is -0.488. The summed E-state index contributed by atoms with van der Waals surface area (Å²) in [6.45, 7) is 5.63. The Morgan fingerprint density at radius 3 is 2.67 bits per heavy atom. The quantitative estimate of drug-likeness (QED) is 0.786. The van der Waals surface area contributed by atoms with Crippen LogP contribution in [-0.4, -0.2) is 24.4 Å². The molecule has 1 aromatic carbocycles. The average Bonchev–Trinajstić information content (AvgIpc) is 2.99. The Morgan fingerprint density at radius 1 is 1.24 bits per heavy atom. The van der Waals surface area contributed by atoms with Crippen molar-refractivity contribution < 1.29 is 9.84 Å². The first kappa shape index (κ1) is 16.2. The fraction of sp³-hybridized carbons (Fsp3) is 0.412. The predicted octanol–water partition coefficient (Wildman–Crippen LogP) is 3.28. The Kier molecular flexibility index (Phi) is 6.39. The van der Waals surface area contributed by atoms with Crippen LogP contribution in [0.5, 0.6) is 0 Å². The molecule has 0 spiro atoms. The molecule has 0 aliphatic carbocycles. The summed E-state index contributed by atoms with van der Waals surface area (Å²) < 4.78 is 5.51. The lowest BCUT2D eigenvalue weighted by atomic mass is 10.1. The van der Waals surface area contributed by atoms with Crippen LogP contribution in [-0.2, 0) is 11.3 Å². The molecule has 0 aliphatic heterocycles. The Hall–Kier alpha value is -1.20. The van der Waals surface area contributed by atoms with Gasteiger partial charge < -0.3 is 15.2 Å². The summed E-state index contributed by atoms with van der Waals surface area (Å²) in [6.07, 6.45) is -0.488. The summed E-state index contributed by atoms with van der Waals surface area (Å²) in [5.74, 6) is 0. The van der Waals surface area contributed by atoms with E-state index < -0.39 is 6.10 Å². The van der Waals surface area contributed by atoms with Gasteiger partial charge in [0.05, 0.1) is 19.3 Å². The van der Waals surface area contributed by atoms with Gasteiger partial charge in [0, 0.05) is 17.5 Å². The van der Waals surface area contributed by atoms with Gasteiger partial charge in [-0.2, -0.15) is 0 Å². The van der Waals surface area contributed by atoms with E-state index in [1.54, 1.807) is 11.3 Å². The average molecular weight is 305 g/mol. The van der Waals surface area contributed by atoms with E-state index in [1.807, 2.05) is 17.5 Å². The molecule has 0 saturated heterocycles. The number of ether oxygens (including phenoxy) is 1. The van der Waals surface area contributed by atoms with E-state index in [0.29, 0.717) is 19.8 Å². The largest absolute Gasteiger partial charge is 0.389 e. The Balaban J connectivity index is 1.66. The third-order valence-corrected chi connectivity index (χ3v) is 4.22. The van der Waals surface area contributed by atoms with Crippen molar-refractivity contribution in [2.45, 2.75) is 32.6 Å². The smallest absolute Gasteiger partial charge is 0.0898 e. The van der Waals surface area contributed by atoms with Crippen molar-refractivity contribution in [1.82, 2.24) is 5.32 Å². The SMILES string of the molecule is Cc1ccc([C@@H](C)NCC(O)COCc2cccs2)cc1. The molecule has 3 nitrogen and oxygen atoms in total. The van der Waals surface area contributed by atoms with Crippen molar-refractivity contribution in [2.24, 2.45) is 0 Å². The molecule has 0 bridgehead atoms. The summed E-state index contributed by atoms with van der Waals surface area (Å²) in [7, 11) is 0. The maximum Gasteiger partial charge on any atom is 0.0898 e. The number of thiophene rings is 1. The summed E-state index contributed by atoms with van der Waals surface area (Å²) in [4.78, 5) is 1.18. The highest BCUT2D eigenvalue weighted by Crippen LogP contribution is 2.13. The van der Waals surface area contributed by atoms with Crippen LogP contribution in [0.4, 0.5) is 0 Å². The van der Waals surface area contributed by atoms with Crippen molar-refractivity contribution in [3.8, 4) is 0 Å². The van der Waals surface area contributed by atoms with Crippen molar-refractivity contribution in [3.63, 3.8) is 0 Å². The highest BCUT2D eigenvalue weighted by atomic mass is 32.1. The molecule has 2 atom stereocenters. The maximum atomic E-state index is 9.93. The van der Waals surface area contributed by atoms with E-state index in [1.165, 1.54) is 16.0 Å². The summed E-state index contributed by atoms with van der Waals surface area (Å²) >= 11 is 1.67. The number of benzene rings is 1. The first-order valence-corrected chi connectivity index (χ1v) is 8.11. The molecule has 4 heteroatoms. The molecule has 114 valence electrons. The van der Waals surface area contributed by atoms with E-state index >= 15 is 0 Å². The lowest BCUT2D eigenvalue weighted by Crippen LogP contribution is -2.32. The van der Waals surface area contributed by atoms with E-state index in [4.69, 9.17) is 4.74 Å². The molecule has 2 N–H and O–H groups in total. The van der Waals surface area contributed by atoms with Gasteiger partial charge in [-0.25, -0.2) is 0 Å². The molecule has 21 heavy (non-hydrogen) atoms. The first-order valence-electron chi connectivity index (χ1n) is 7.23. The molecule has 1 aromatic heterocycles. The number of hydrogen-bond donors (Lipinski definition) is 2. The van der Waals surface area contributed by atoms with Crippen molar-refractivity contribution in [3.05, 3.63) is 57.8 Å². The lowest BCUT2D eigenvalue weighted by molar-refractivity contribution is 0.0288. The van der Waals surface area contributed by atoms with E-state index in [2.05, 4.69) is 43.4 Å². The second kappa shape index (κ2) is 8.29. The third kappa shape index (κ3) is 5.59. The minimum absolute atomic E-state index is 0.220. The van der Waals surface area contributed by atoms with Gasteiger partial charge in [-0.1, -0.05) is 35.9 Å². The molecule has 1 heterocycles. The zero-order valence-electron chi connectivity index (χ0n) is 12.6. The topological polar surface area (TPSA) is 41.5 Å². The van der Waals surface area contributed by atoms with Gasteiger partial charge in [-0.05, 0) is 30.9 Å². The molecule has 2 aromatic rings. The van der Waals surface area contributed by atoms with Gasteiger partial charge in [-0.3, -0.25) is 0 Å². The Labute approximate surface area is 130 Å². The second-order valence-corrected chi connectivity index (χ2v) is 6.32. The summed E-state index contributed by atoms with van der Waals surface area (Å²) in [5.41, 5.74) is 2.49. The number of aliphatic hydroxyl groups is 1. The molecule has 0 fully saturated rings. The van der Waals surface area contributed by atoms with Crippen LogP contribution in [0.15, 0.2) is 41.8 Å². The van der Waals surface area contributed by atoms with E-state index in [0.717, 1.165) is 0 Å². The minimum Gasteiger partial charge on any atom is -0.389 e. The highest BCUT2D eigenvalue weighted by molar-refractivity contribution is 7.09. The van der Waals surface area contributed by atoms with E-state index in [-0.39, 0.29) is 6.04 Å². The van der Waals surface area contributed by atoms with Gasteiger partial charge in [0.1, 0.15) is 0 Å². The van der Waals surface area contributed by atoms with Crippen LogP contribution in [0.1, 0.15) is 29.0 Å². The zero-order chi connectivity index (χ0) is 15.1. The number of nitrogens with one attached hydrogen (secondary N) is 1. The van der Waals surface area contributed by atoms with Gasteiger partial charge in [-0.15, -0.1) is 11.3 Å². The molecular weight excluding hydrogens is 282 g/mol. The molecule has 0 saturated carbocycles. The lowest BCUT2D eigenvalue weighted by Gasteiger charge is -2.17. The van der Waals surface area contributed by atoms with Crippen LogP contribution in [0.3, 0.4) is 0 Å². The molecule has 0 aliphatic rings. The highest BCUT2D eigenvalue weighted by Gasteiger charge is 2.09. The fourth-order valence-corrected chi connectivity index (χ4v) is 2.68. The number of hydrogen-bond acceptors (Lipinski definition) is 4. The molecule has 1 unspecified atom stereocenters. The van der Waals surface area contributed by atoms with Gasteiger partial charge >= 0.3 is 0 Å². The van der Waals surface area contributed by atoms with Crippen LogP contribution >= 0.6 is 11.3 Å². The van der Waals surface area contributed by atoms with Crippen LogP contribution in [0.25, 0.3) is 0 Å². The number of aryl methyl sites for hydroxylation is 1. The van der Waals surface area contributed by atoms with Crippen molar-refractivity contribution in [1.29, 1.82) is 0 Å². The van der Waals surface area contributed by atoms with Gasteiger partial charge in [0.15, 0.2) is 0 Å². The van der Waals surface area contributed by atoms with Crippen LogP contribution in [0, 0.1) is 6.92 Å². The zero-order valence-corrected chi connectivity index (χ0v) is 13.4. The first-order chi connectivity index (χ1) is 10.1. The van der Waals surface area contributed by atoms with E-state index in [9.17, 15) is 5.11 Å². The van der Waals surface area contributed by atoms with Crippen molar-refractivity contribution in [2.75, 3.05) is 13.2 Å². The molecular formula is C17H23NO2S.